The Balaban J connectivity index is 1.33. The molecule has 1 saturated heterocycles. The summed E-state index contributed by atoms with van der Waals surface area (Å²) in [6.45, 7) is 1.20. The van der Waals surface area contributed by atoms with Crippen LogP contribution in [0.15, 0.2) is 54.7 Å². The van der Waals surface area contributed by atoms with Gasteiger partial charge in [0.05, 0.1) is 17.1 Å². The Hall–Kier alpha value is -2.79. The molecule has 5 nitrogen and oxygen atoms in total. The number of halogens is 1. The summed E-state index contributed by atoms with van der Waals surface area (Å²) in [6, 6.07) is 15.2. The van der Waals surface area contributed by atoms with Gasteiger partial charge in [-0.1, -0.05) is 41.9 Å². The first-order chi connectivity index (χ1) is 13.6. The van der Waals surface area contributed by atoms with E-state index in [2.05, 4.69) is 10.3 Å². The molecule has 2 heterocycles. The van der Waals surface area contributed by atoms with Crippen molar-refractivity contribution < 1.29 is 9.59 Å². The molecule has 0 aliphatic carbocycles. The first-order valence-corrected chi connectivity index (χ1v) is 9.88. The van der Waals surface area contributed by atoms with Crippen LogP contribution in [0.4, 0.5) is 5.69 Å². The number of likely N-dealkylation sites (tertiary alicyclic amines) is 1. The maximum atomic E-state index is 12.7. The lowest BCUT2D eigenvalue weighted by atomic mass is 9.95. The molecule has 1 aliphatic heterocycles. The van der Waals surface area contributed by atoms with Crippen molar-refractivity contribution in [2.75, 3.05) is 18.4 Å². The minimum atomic E-state index is -0.103. The number of hydrogen-bond acceptors (Lipinski definition) is 2. The maximum absolute atomic E-state index is 12.7. The third-order valence-corrected chi connectivity index (χ3v) is 5.70. The number of para-hydroxylation sites is 2. The number of amides is 2. The van der Waals surface area contributed by atoms with E-state index in [9.17, 15) is 9.59 Å². The Bertz CT molecular complexity index is 1010. The number of carbonyl (C=O) groups excluding carboxylic acids is 2. The number of carbonyl (C=O) groups is 2. The molecule has 4 rings (SSSR count). The minimum absolute atomic E-state index is 0.0307. The fourth-order valence-corrected chi connectivity index (χ4v) is 3.92. The van der Waals surface area contributed by atoms with E-state index >= 15 is 0 Å². The molecule has 0 bridgehead atoms. The van der Waals surface area contributed by atoms with Crippen molar-refractivity contribution in [3.63, 3.8) is 0 Å². The Labute approximate surface area is 168 Å². The van der Waals surface area contributed by atoms with E-state index in [1.165, 1.54) is 0 Å². The number of rotatable bonds is 4. The molecule has 1 aromatic heterocycles. The Morgan fingerprint density at radius 2 is 1.79 bits per heavy atom. The zero-order chi connectivity index (χ0) is 19.5. The number of fused-ring (bicyclic) bond motifs is 1. The third kappa shape index (κ3) is 3.90. The predicted molar refractivity (Wildman–Crippen MR) is 111 cm³/mol. The summed E-state index contributed by atoms with van der Waals surface area (Å²) in [7, 11) is 0. The Morgan fingerprint density at radius 3 is 2.57 bits per heavy atom. The fraction of sp³-hybridized carbons (Fsp3) is 0.273. The fourth-order valence-electron chi connectivity index (χ4n) is 3.74. The number of H-pyrrole nitrogens is 1. The van der Waals surface area contributed by atoms with E-state index in [1.807, 2.05) is 47.5 Å². The van der Waals surface area contributed by atoms with E-state index in [0.717, 1.165) is 16.5 Å². The standard InChI is InChI=1S/C22H22ClN3O2/c23-18-6-2-4-8-20(18)25-22(28)15-9-11-26(12-10-15)21(27)13-16-14-24-19-7-3-1-5-17(16)19/h1-8,14-15,24H,9-13H2,(H,25,28). The Morgan fingerprint density at radius 1 is 1.07 bits per heavy atom. The van der Waals surface area contributed by atoms with Gasteiger partial charge in [-0.2, -0.15) is 0 Å². The highest BCUT2D eigenvalue weighted by molar-refractivity contribution is 6.33. The molecule has 2 aromatic carbocycles. The SMILES string of the molecule is O=C(Nc1ccccc1Cl)C1CCN(C(=O)Cc2c[nH]c3ccccc23)CC1. The van der Waals surface area contributed by atoms with Crippen LogP contribution in [-0.4, -0.2) is 34.8 Å². The highest BCUT2D eigenvalue weighted by atomic mass is 35.5. The summed E-state index contributed by atoms with van der Waals surface area (Å²) in [5, 5.41) is 4.52. The molecule has 28 heavy (non-hydrogen) atoms. The topological polar surface area (TPSA) is 65.2 Å². The van der Waals surface area contributed by atoms with Crippen LogP contribution in [0.2, 0.25) is 5.02 Å². The van der Waals surface area contributed by atoms with Crippen molar-refractivity contribution in [1.82, 2.24) is 9.88 Å². The highest BCUT2D eigenvalue weighted by Gasteiger charge is 2.28. The van der Waals surface area contributed by atoms with Gasteiger partial charge in [-0.25, -0.2) is 0 Å². The summed E-state index contributed by atoms with van der Waals surface area (Å²) in [5.74, 6) is -0.0278. The number of aromatic nitrogens is 1. The van der Waals surface area contributed by atoms with E-state index < -0.39 is 0 Å². The second-order valence-electron chi connectivity index (χ2n) is 7.16. The minimum Gasteiger partial charge on any atom is -0.361 e. The monoisotopic (exact) mass is 395 g/mol. The predicted octanol–water partition coefficient (Wildman–Crippen LogP) is 4.24. The lowest BCUT2D eigenvalue weighted by Gasteiger charge is -2.31. The molecule has 0 saturated carbocycles. The lowest BCUT2D eigenvalue weighted by molar-refractivity contribution is -0.133. The van der Waals surface area contributed by atoms with E-state index in [0.29, 0.717) is 43.1 Å². The number of nitrogens with one attached hydrogen (secondary N) is 2. The lowest BCUT2D eigenvalue weighted by Crippen LogP contribution is -2.42. The van der Waals surface area contributed by atoms with Gasteiger partial charge in [0.1, 0.15) is 0 Å². The van der Waals surface area contributed by atoms with Gasteiger partial charge in [0.25, 0.3) is 0 Å². The van der Waals surface area contributed by atoms with Crippen LogP contribution < -0.4 is 5.32 Å². The molecule has 2 amide bonds. The molecular weight excluding hydrogens is 374 g/mol. The van der Waals surface area contributed by atoms with Gasteiger partial charge in [-0.3, -0.25) is 9.59 Å². The second-order valence-corrected chi connectivity index (χ2v) is 7.57. The molecule has 0 spiro atoms. The van der Waals surface area contributed by atoms with Gasteiger partial charge < -0.3 is 15.2 Å². The van der Waals surface area contributed by atoms with Crippen LogP contribution in [-0.2, 0) is 16.0 Å². The van der Waals surface area contributed by atoms with Crippen LogP contribution in [0.1, 0.15) is 18.4 Å². The first kappa shape index (κ1) is 18.6. The van der Waals surface area contributed by atoms with Gasteiger partial charge >= 0.3 is 0 Å². The molecule has 144 valence electrons. The zero-order valence-electron chi connectivity index (χ0n) is 15.5. The highest BCUT2D eigenvalue weighted by Crippen LogP contribution is 2.25. The summed E-state index contributed by atoms with van der Waals surface area (Å²) in [5.41, 5.74) is 2.69. The van der Waals surface area contributed by atoms with Crippen molar-refractivity contribution in [2.24, 2.45) is 5.92 Å². The average molecular weight is 396 g/mol. The molecule has 1 aliphatic rings. The van der Waals surface area contributed by atoms with Gasteiger partial charge in [0, 0.05) is 36.1 Å². The zero-order valence-corrected chi connectivity index (χ0v) is 16.2. The van der Waals surface area contributed by atoms with Gasteiger partial charge in [0.2, 0.25) is 11.8 Å². The number of hydrogen-bond donors (Lipinski definition) is 2. The molecule has 3 aromatic rings. The molecule has 0 unspecified atom stereocenters. The van der Waals surface area contributed by atoms with Gasteiger partial charge in [-0.15, -0.1) is 0 Å². The van der Waals surface area contributed by atoms with Crippen molar-refractivity contribution in [3.05, 3.63) is 65.3 Å². The average Bonchev–Trinajstić information content (AvgIpc) is 3.13. The number of benzene rings is 2. The second kappa shape index (κ2) is 8.07. The van der Waals surface area contributed by atoms with Crippen molar-refractivity contribution in [1.29, 1.82) is 0 Å². The van der Waals surface area contributed by atoms with Crippen LogP contribution in [0.3, 0.4) is 0 Å². The van der Waals surface area contributed by atoms with E-state index in [4.69, 9.17) is 11.6 Å². The number of aromatic amines is 1. The molecular formula is C22H22ClN3O2. The van der Waals surface area contributed by atoms with Crippen LogP contribution in [0.5, 0.6) is 0 Å². The Kier molecular flexibility index (Phi) is 5.35. The van der Waals surface area contributed by atoms with Crippen molar-refractivity contribution >= 4 is 40.0 Å². The first-order valence-electron chi connectivity index (χ1n) is 9.50. The number of anilines is 1. The van der Waals surface area contributed by atoms with Crippen molar-refractivity contribution in [2.45, 2.75) is 19.3 Å². The van der Waals surface area contributed by atoms with Gasteiger partial charge in [-0.05, 0) is 36.6 Å². The van der Waals surface area contributed by atoms with Crippen molar-refractivity contribution in [3.8, 4) is 0 Å². The van der Waals surface area contributed by atoms with E-state index in [1.54, 1.807) is 12.1 Å². The maximum Gasteiger partial charge on any atom is 0.227 e. The van der Waals surface area contributed by atoms with Crippen LogP contribution in [0, 0.1) is 5.92 Å². The van der Waals surface area contributed by atoms with Gasteiger partial charge in [0.15, 0.2) is 0 Å². The molecule has 6 heteroatoms. The summed E-state index contributed by atoms with van der Waals surface area (Å²) in [4.78, 5) is 30.3. The van der Waals surface area contributed by atoms with Crippen LogP contribution in [0.25, 0.3) is 10.9 Å². The molecule has 1 fully saturated rings. The molecule has 0 radical (unpaired) electrons. The summed E-state index contributed by atoms with van der Waals surface area (Å²) >= 11 is 6.11. The number of nitrogens with zero attached hydrogens (tertiary/aromatic N) is 1. The summed E-state index contributed by atoms with van der Waals surface area (Å²) in [6.07, 6.45) is 3.61. The molecule has 0 atom stereocenters. The third-order valence-electron chi connectivity index (χ3n) is 5.37. The normalized spacial score (nSPS) is 15.0. The molecule has 2 N–H and O–H groups in total. The smallest absolute Gasteiger partial charge is 0.227 e. The quantitative estimate of drug-likeness (QED) is 0.693. The summed E-state index contributed by atoms with van der Waals surface area (Å²) < 4.78 is 0. The largest absolute Gasteiger partial charge is 0.361 e. The number of piperidine rings is 1. The van der Waals surface area contributed by atoms with E-state index in [-0.39, 0.29) is 17.7 Å². The van der Waals surface area contributed by atoms with Crippen LogP contribution >= 0.6 is 11.6 Å².